The summed E-state index contributed by atoms with van der Waals surface area (Å²) in [4.78, 5) is 22.5. The summed E-state index contributed by atoms with van der Waals surface area (Å²) >= 11 is 0. The average molecular weight is 321 g/mol. The molecule has 5 heteroatoms. The molecule has 0 saturated heterocycles. The van der Waals surface area contributed by atoms with Crippen LogP contribution in [0.4, 0.5) is 0 Å². The average Bonchev–Trinajstić information content (AvgIpc) is 2.45. The standard InChI is InChI=1S/C17H33NO3.Na/c1-3-5-6-7-8-9-10-11-12-14-16(19)18-15(13-4-2)17(20)21;/h15H,3-14H2,1-2H3,(H,18,19)(H,20,21);/q;+1/p-1/t15-;/m0./s1. The maximum absolute atomic E-state index is 11.6. The molecule has 22 heavy (non-hydrogen) atoms. The number of rotatable bonds is 14. The first-order chi connectivity index (χ1) is 10.1. The Morgan fingerprint density at radius 3 is 1.82 bits per heavy atom. The van der Waals surface area contributed by atoms with Crippen LogP contribution >= 0.6 is 0 Å². The molecule has 0 unspecified atom stereocenters. The van der Waals surface area contributed by atoms with Crippen molar-refractivity contribution in [2.24, 2.45) is 0 Å². The second-order valence-electron chi connectivity index (χ2n) is 5.81. The van der Waals surface area contributed by atoms with Crippen LogP contribution in [0.5, 0.6) is 0 Å². The summed E-state index contributed by atoms with van der Waals surface area (Å²) in [5.41, 5.74) is 0. The van der Waals surface area contributed by atoms with Crippen molar-refractivity contribution in [3.8, 4) is 0 Å². The molecule has 0 spiro atoms. The number of nitrogens with one attached hydrogen (secondary N) is 1. The first-order valence-corrected chi connectivity index (χ1v) is 8.62. The van der Waals surface area contributed by atoms with Gasteiger partial charge in [0.15, 0.2) is 0 Å². The van der Waals surface area contributed by atoms with Crippen molar-refractivity contribution in [2.45, 2.75) is 96.9 Å². The van der Waals surface area contributed by atoms with Crippen LogP contribution in [-0.4, -0.2) is 17.9 Å². The van der Waals surface area contributed by atoms with Crippen LogP contribution in [0.1, 0.15) is 90.9 Å². The van der Waals surface area contributed by atoms with Gasteiger partial charge in [-0.3, -0.25) is 4.79 Å². The summed E-state index contributed by atoms with van der Waals surface area (Å²) in [6, 6.07) is -0.832. The molecule has 0 fully saturated rings. The fourth-order valence-electron chi connectivity index (χ4n) is 2.40. The minimum atomic E-state index is -1.18. The molecule has 124 valence electrons. The zero-order valence-electron chi connectivity index (χ0n) is 14.8. The molecule has 0 saturated carbocycles. The predicted molar refractivity (Wildman–Crippen MR) is 83.7 cm³/mol. The number of carboxylic acids is 1. The molecule has 0 aliphatic carbocycles. The fourth-order valence-corrected chi connectivity index (χ4v) is 2.40. The van der Waals surface area contributed by atoms with E-state index in [2.05, 4.69) is 12.2 Å². The maximum Gasteiger partial charge on any atom is 1.00 e. The molecule has 1 N–H and O–H groups in total. The Morgan fingerprint density at radius 2 is 1.36 bits per heavy atom. The van der Waals surface area contributed by atoms with E-state index in [1.54, 1.807) is 0 Å². The van der Waals surface area contributed by atoms with Gasteiger partial charge in [-0.05, 0) is 12.8 Å². The Balaban J connectivity index is 0. The minimum absolute atomic E-state index is 0. The van der Waals surface area contributed by atoms with Crippen molar-refractivity contribution >= 4 is 11.9 Å². The van der Waals surface area contributed by atoms with Gasteiger partial charge in [0.25, 0.3) is 0 Å². The SMILES string of the molecule is CCCCCCCCCCCC(=O)N[C@@H](CCC)C(=O)[O-].[Na+]. The number of aliphatic carboxylic acids is 1. The number of unbranched alkanes of at least 4 members (excludes halogenated alkanes) is 8. The van der Waals surface area contributed by atoms with E-state index in [9.17, 15) is 14.7 Å². The molecule has 0 bridgehead atoms. The van der Waals surface area contributed by atoms with Gasteiger partial charge in [-0.2, -0.15) is 0 Å². The van der Waals surface area contributed by atoms with Crippen LogP contribution in [0, 0.1) is 0 Å². The van der Waals surface area contributed by atoms with Gasteiger partial charge < -0.3 is 15.2 Å². The molecule has 1 amide bonds. The first-order valence-electron chi connectivity index (χ1n) is 8.62. The minimum Gasteiger partial charge on any atom is -0.548 e. The molecule has 0 rings (SSSR count). The molecule has 0 heterocycles. The van der Waals surface area contributed by atoms with Gasteiger partial charge in [0.05, 0.1) is 12.0 Å². The second kappa shape index (κ2) is 17.3. The van der Waals surface area contributed by atoms with E-state index in [0.29, 0.717) is 12.8 Å². The van der Waals surface area contributed by atoms with Crippen molar-refractivity contribution in [3.63, 3.8) is 0 Å². The van der Waals surface area contributed by atoms with Crippen LogP contribution in [0.25, 0.3) is 0 Å². The summed E-state index contributed by atoms with van der Waals surface area (Å²) in [5, 5.41) is 13.4. The molecule has 0 radical (unpaired) electrons. The third-order valence-corrected chi connectivity index (χ3v) is 3.70. The van der Waals surface area contributed by atoms with Gasteiger partial charge >= 0.3 is 29.6 Å². The monoisotopic (exact) mass is 321 g/mol. The number of amides is 1. The number of carbonyl (C=O) groups is 2. The van der Waals surface area contributed by atoms with Crippen LogP contribution in [0.2, 0.25) is 0 Å². The van der Waals surface area contributed by atoms with E-state index < -0.39 is 12.0 Å². The van der Waals surface area contributed by atoms with Crippen molar-refractivity contribution < 1.29 is 44.3 Å². The second-order valence-corrected chi connectivity index (χ2v) is 5.81. The number of carbonyl (C=O) groups excluding carboxylic acids is 2. The molecule has 4 nitrogen and oxygen atoms in total. The van der Waals surface area contributed by atoms with Gasteiger partial charge in [-0.25, -0.2) is 0 Å². The molecule has 0 aliphatic rings. The Hall–Kier alpha value is -0.0600. The van der Waals surface area contributed by atoms with Crippen molar-refractivity contribution in [1.82, 2.24) is 5.32 Å². The Labute approximate surface area is 158 Å². The van der Waals surface area contributed by atoms with E-state index in [4.69, 9.17) is 0 Å². The maximum atomic E-state index is 11.6. The number of hydrogen-bond acceptors (Lipinski definition) is 3. The van der Waals surface area contributed by atoms with E-state index in [-0.39, 0.29) is 35.5 Å². The molecule has 0 aromatic carbocycles. The molecule has 0 aromatic rings. The van der Waals surface area contributed by atoms with Crippen LogP contribution < -0.4 is 40.0 Å². The zero-order chi connectivity index (χ0) is 15.9. The van der Waals surface area contributed by atoms with Gasteiger partial charge in [-0.1, -0.05) is 71.6 Å². The molecular weight excluding hydrogens is 289 g/mol. The number of hydrogen-bond donors (Lipinski definition) is 1. The van der Waals surface area contributed by atoms with E-state index in [1.165, 1.54) is 38.5 Å². The van der Waals surface area contributed by atoms with Crippen LogP contribution in [0.15, 0.2) is 0 Å². The summed E-state index contributed by atoms with van der Waals surface area (Å²) in [6.07, 6.45) is 12.4. The summed E-state index contributed by atoms with van der Waals surface area (Å²) < 4.78 is 0. The third kappa shape index (κ3) is 14.9. The predicted octanol–water partition coefficient (Wildman–Crippen LogP) is -0.0539. The van der Waals surface area contributed by atoms with Crippen molar-refractivity contribution in [1.29, 1.82) is 0 Å². The third-order valence-electron chi connectivity index (χ3n) is 3.70. The smallest absolute Gasteiger partial charge is 0.548 e. The summed E-state index contributed by atoms with van der Waals surface area (Å²) in [6.45, 7) is 4.11. The normalized spacial score (nSPS) is 11.5. The fraction of sp³-hybridized carbons (Fsp3) is 0.882. The van der Waals surface area contributed by atoms with Crippen molar-refractivity contribution in [3.05, 3.63) is 0 Å². The van der Waals surface area contributed by atoms with Gasteiger partial charge in [0.1, 0.15) is 0 Å². The van der Waals surface area contributed by atoms with Crippen LogP contribution in [0.3, 0.4) is 0 Å². The quantitative estimate of drug-likeness (QED) is 0.360. The molecule has 0 aromatic heterocycles. The van der Waals surface area contributed by atoms with E-state index >= 15 is 0 Å². The number of carboxylic acid groups (broad SMARTS) is 1. The Morgan fingerprint density at radius 1 is 0.864 bits per heavy atom. The molecule has 0 aliphatic heterocycles. The van der Waals surface area contributed by atoms with Crippen molar-refractivity contribution in [2.75, 3.05) is 0 Å². The molecular formula is C17H32NNaO3. The van der Waals surface area contributed by atoms with Crippen LogP contribution in [-0.2, 0) is 9.59 Å². The molecule has 1 atom stereocenters. The topological polar surface area (TPSA) is 69.2 Å². The zero-order valence-corrected chi connectivity index (χ0v) is 16.8. The largest absolute Gasteiger partial charge is 1.00 e. The Kier molecular flexibility index (Phi) is 19.0. The van der Waals surface area contributed by atoms with Gasteiger partial charge in [-0.15, -0.1) is 0 Å². The summed E-state index contributed by atoms with van der Waals surface area (Å²) in [5.74, 6) is -1.35. The van der Waals surface area contributed by atoms with Gasteiger partial charge in [0, 0.05) is 6.42 Å². The van der Waals surface area contributed by atoms with Gasteiger partial charge in [0.2, 0.25) is 5.91 Å². The summed E-state index contributed by atoms with van der Waals surface area (Å²) in [7, 11) is 0. The van der Waals surface area contributed by atoms with E-state index in [0.717, 1.165) is 25.7 Å². The Bertz CT molecular complexity index is 285. The first kappa shape index (κ1) is 24.2. The van der Waals surface area contributed by atoms with E-state index in [1.807, 2.05) is 6.92 Å².